The van der Waals surface area contributed by atoms with E-state index in [0.29, 0.717) is 45.2 Å². The number of nitrogens with zero attached hydrogens (tertiary/aromatic N) is 1. The molecule has 25 heavy (non-hydrogen) atoms. The summed E-state index contributed by atoms with van der Waals surface area (Å²) >= 11 is 0. The van der Waals surface area contributed by atoms with Gasteiger partial charge in [-0.2, -0.15) is 4.31 Å². The summed E-state index contributed by atoms with van der Waals surface area (Å²) in [4.78, 5) is 12.1. The van der Waals surface area contributed by atoms with Crippen LogP contribution in [0.4, 0.5) is 0 Å². The first kappa shape index (κ1) is 20.6. The summed E-state index contributed by atoms with van der Waals surface area (Å²) in [5.41, 5.74) is 0. The Bertz CT molecular complexity index is 504. The van der Waals surface area contributed by atoms with Crippen molar-refractivity contribution in [3.63, 3.8) is 0 Å². The Morgan fingerprint density at radius 3 is 2.52 bits per heavy atom. The standard InChI is InChI=1S/C17H33N3O4S/c1-25(22,23)20-11-12-24-16(14-20)13-18-10-9-17(21)19-15-7-5-3-2-4-6-8-15/h15-16,18H,2-14H2,1H3,(H,19,21)/t16-/m1/s1. The van der Waals surface area contributed by atoms with Gasteiger partial charge in [-0.3, -0.25) is 4.79 Å². The highest BCUT2D eigenvalue weighted by molar-refractivity contribution is 7.88. The number of carbonyl (C=O) groups excluding carboxylic acids is 1. The van der Waals surface area contributed by atoms with Gasteiger partial charge in [0.25, 0.3) is 0 Å². The van der Waals surface area contributed by atoms with Gasteiger partial charge in [0, 0.05) is 38.6 Å². The van der Waals surface area contributed by atoms with Crippen molar-refractivity contribution in [3.05, 3.63) is 0 Å². The van der Waals surface area contributed by atoms with Crippen LogP contribution in [0.5, 0.6) is 0 Å². The van der Waals surface area contributed by atoms with Gasteiger partial charge < -0.3 is 15.4 Å². The number of amides is 1. The fourth-order valence-electron chi connectivity index (χ4n) is 3.48. The third kappa shape index (κ3) is 8.02. The van der Waals surface area contributed by atoms with E-state index in [1.165, 1.54) is 42.7 Å². The van der Waals surface area contributed by atoms with Gasteiger partial charge in [0.2, 0.25) is 15.9 Å². The van der Waals surface area contributed by atoms with Gasteiger partial charge in [-0.25, -0.2) is 8.42 Å². The molecule has 0 unspecified atom stereocenters. The zero-order valence-electron chi connectivity index (χ0n) is 15.3. The molecule has 2 aliphatic rings. The highest BCUT2D eigenvalue weighted by atomic mass is 32.2. The first-order valence-electron chi connectivity index (χ1n) is 9.52. The molecule has 0 aromatic carbocycles. The second kappa shape index (κ2) is 10.4. The van der Waals surface area contributed by atoms with Crippen LogP contribution in [0, 0.1) is 0 Å². The van der Waals surface area contributed by atoms with Gasteiger partial charge in [0.1, 0.15) is 0 Å². The van der Waals surface area contributed by atoms with Crippen molar-refractivity contribution in [1.82, 2.24) is 14.9 Å². The number of nitrogens with one attached hydrogen (secondary N) is 2. The molecule has 0 radical (unpaired) electrons. The van der Waals surface area contributed by atoms with Gasteiger partial charge in [0.05, 0.1) is 19.0 Å². The summed E-state index contributed by atoms with van der Waals surface area (Å²) in [7, 11) is -3.16. The van der Waals surface area contributed by atoms with Crippen molar-refractivity contribution >= 4 is 15.9 Å². The van der Waals surface area contributed by atoms with Crippen LogP contribution in [-0.4, -0.2) is 69.8 Å². The SMILES string of the molecule is CS(=O)(=O)N1CCO[C@H](CNCCC(=O)NC2CCCCCCC2)C1. The van der Waals surface area contributed by atoms with Crippen LogP contribution in [0.1, 0.15) is 51.4 Å². The molecule has 7 nitrogen and oxygen atoms in total. The summed E-state index contributed by atoms with van der Waals surface area (Å²) in [5.74, 6) is 0.0976. The molecular formula is C17H33N3O4S. The van der Waals surface area contributed by atoms with Gasteiger partial charge in [-0.1, -0.05) is 32.1 Å². The summed E-state index contributed by atoms with van der Waals surface area (Å²) < 4.78 is 30.2. The van der Waals surface area contributed by atoms with Crippen molar-refractivity contribution in [2.45, 2.75) is 63.5 Å². The van der Waals surface area contributed by atoms with E-state index >= 15 is 0 Å². The zero-order chi connectivity index (χ0) is 18.1. The van der Waals surface area contributed by atoms with Gasteiger partial charge in [0.15, 0.2) is 0 Å². The summed E-state index contributed by atoms with van der Waals surface area (Å²) in [6, 6.07) is 0.331. The highest BCUT2D eigenvalue weighted by Crippen LogP contribution is 2.17. The fraction of sp³-hybridized carbons (Fsp3) is 0.941. The van der Waals surface area contributed by atoms with E-state index in [9.17, 15) is 13.2 Å². The molecule has 1 aliphatic heterocycles. The average Bonchev–Trinajstić information content (AvgIpc) is 2.53. The van der Waals surface area contributed by atoms with E-state index in [1.807, 2.05) is 0 Å². The smallest absolute Gasteiger partial charge is 0.221 e. The lowest BCUT2D eigenvalue weighted by atomic mass is 9.96. The van der Waals surface area contributed by atoms with Crippen LogP contribution in [0.15, 0.2) is 0 Å². The molecule has 1 heterocycles. The van der Waals surface area contributed by atoms with Crippen LogP contribution in [-0.2, 0) is 19.6 Å². The summed E-state index contributed by atoms with van der Waals surface area (Å²) in [6.45, 7) is 2.35. The minimum absolute atomic E-state index is 0.0976. The van der Waals surface area contributed by atoms with E-state index < -0.39 is 10.0 Å². The Labute approximate surface area is 151 Å². The van der Waals surface area contributed by atoms with Crippen molar-refractivity contribution < 1.29 is 17.9 Å². The molecule has 0 spiro atoms. The molecule has 1 aliphatic carbocycles. The highest BCUT2D eigenvalue weighted by Gasteiger charge is 2.26. The minimum atomic E-state index is -3.16. The maximum Gasteiger partial charge on any atom is 0.221 e. The summed E-state index contributed by atoms with van der Waals surface area (Å²) in [6.07, 6.45) is 9.99. The number of ether oxygens (including phenoxy) is 1. The number of morpholine rings is 1. The van der Waals surface area contributed by atoms with Gasteiger partial charge in [-0.05, 0) is 12.8 Å². The third-order valence-electron chi connectivity index (χ3n) is 4.94. The van der Waals surface area contributed by atoms with E-state index in [4.69, 9.17) is 4.74 Å². The molecule has 2 rings (SSSR count). The first-order valence-corrected chi connectivity index (χ1v) is 11.4. The lowest BCUT2D eigenvalue weighted by Gasteiger charge is -2.31. The van der Waals surface area contributed by atoms with Crippen molar-refractivity contribution in [2.24, 2.45) is 0 Å². The second-order valence-electron chi connectivity index (χ2n) is 7.18. The number of carbonyl (C=O) groups is 1. The van der Waals surface area contributed by atoms with E-state index in [2.05, 4.69) is 10.6 Å². The van der Waals surface area contributed by atoms with Crippen LogP contribution < -0.4 is 10.6 Å². The van der Waals surface area contributed by atoms with Crippen LogP contribution in [0.25, 0.3) is 0 Å². The minimum Gasteiger partial charge on any atom is -0.374 e. The maximum atomic E-state index is 12.1. The number of rotatable bonds is 7. The zero-order valence-corrected chi connectivity index (χ0v) is 16.2. The van der Waals surface area contributed by atoms with E-state index in [-0.39, 0.29) is 12.0 Å². The Morgan fingerprint density at radius 2 is 1.84 bits per heavy atom. The normalized spacial score (nSPS) is 24.4. The lowest BCUT2D eigenvalue weighted by molar-refractivity contribution is -0.121. The van der Waals surface area contributed by atoms with Crippen LogP contribution in [0.2, 0.25) is 0 Å². The van der Waals surface area contributed by atoms with Gasteiger partial charge in [-0.15, -0.1) is 0 Å². The Morgan fingerprint density at radius 1 is 1.16 bits per heavy atom. The molecule has 8 heteroatoms. The predicted molar refractivity (Wildman–Crippen MR) is 97.9 cm³/mol. The number of hydrogen-bond acceptors (Lipinski definition) is 5. The van der Waals surface area contributed by atoms with Crippen molar-refractivity contribution in [1.29, 1.82) is 0 Å². The van der Waals surface area contributed by atoms with E-state index in [0.717, 1.165) is 12.8 Å². The first-order chi connectivity index (χ1) is 11.9. The maximum absolute atomic E-state index is 12.1. The molecule has 0 aromatic rings. The van der Waals surface area contributed by atoms with Crippen molar-refractivity contribution in [3.8, 4) is 0 Å². The molecule has 146 valence electrons. The molecule has 1 saturated heterocycles. The number of sulfonamides is 1. The lowest BCUT2D eigenvalue weighted by Crippen LogP contribution is -2.48. The molecular weight excluding hydrogens is 342 g/mol. The largest absolute Gasteiger partial charge is 0.374 e. The van der Waals surface area contributed by atoms with Crippen molar-refractivity contribution in [2.75, 3.05) is 39.0 Å². The third-order valence-corrected chi connectivity index (χ3v) is 6.21. The molecule has 0 aromatic heterocycles. The summed E-state index contributed by atoms with van der Waals surface area (Å²) in [5, 5.41) is 6.36. The Hall–Kier alpha value is -0.700. The molecule has 2 N–H and O–H groups in total. The monoisotopic (exact) mass is 375 g/mol. The Balaban J connectivity index is 1.59. The predicted octanol–water partition coefficient (Wildman–Crippen LogP) is 0.856. The molecule has 1 saturated carbocycles. The number of hydrogen-bond donors (Lipinski definition) is 2. The van der Waals surface area contributed by atoms with Crippen LogP contribution >= 0.6 is 0 Å². The molecule has 1 atom stereocenters. The molecule has 0 bridgehead atoms. The van der Waals surface area contributed by atoms with Crippen LogP contribution in [0.3, 0.4) is 0 Å². The topological polar surface area (TPSA) is 87.7 Å². The Kier molecular flexibility index (Phi) is 8.61. The van der Waals surface area contributed by atoms with E-state index in [1.54, 1.807) is 0 Å². The quantitative estimate of drug-likeness (QED) is 0.644. The second-order valence-corrected chi connectivity index (χ2v) is 9.16. The molecule has 2 fully saturated rings. The molecule has 1 amide bonds. The fourth-order valence-corrected chi connectivity index (χ4v) is 4.33. The average molecular weight is 376 g/mol. The van der Waals surface area contributed by atoms with Gasteiger partial charge >= 0.3 is 0 Å².